The van der Waals surface area contributed by atoms with E-state index in [0.717, 1.165) is 11.2 Å². The summed E-state index contributed by atoms with van der Waals surface area (Å²) in [5.74, 6) is -0.945. The van der Waals surface area contributed by atoms with Crippen LogP contribution in [0.15, 0.2) is 54.6 Å². The van der Waals surface area contributed by atoms with Crippen molar-refractivity contribution >= 4 is 33.4 Å². The summed E-state index contributed by atoms with van der Waals surface area (Å²) in [4.78, 5) is 38.6. The number of nitrogens with zero attached hydrogens (tertiary/aromatic N) is 1. The van der Waals surface area contributed by atoms with Crippen LogP contribution >= 0.6 is 0 Å². The van der Waals surface area contributed by atoms with Gasteiger partial charge in [0.1, 0.15) is 5.54 Å². The van der Waals surface area contributed by atoms with Crippen LogP contribution in [0.5, 0.6) is 0 Å². The molecule has 1 aliphatic rings. The first-order valence-electron chi connectivity index (χ1n) is 8.41. The number of urea groups is 1. The van der Waals surface area contributed by atoms with Gasteiger partial charge in [-0.05, 0) is 36.8 Å². The Balaban J connectivity index is 1.75. The quantitative estimate of drug-likeness (QED) is 0.565. The normalized spacial score (nSPS) is 19.4. The van der Waals surface area contributed by atoms with Crippen LogP contribution in [0.2, 0.25) is 0 Å². The summed E-state index contributed by atoms with van der Waals surface area (Å²) < 4.78 is 24.8. The molecule has 2 N–H and O–H groups in total. The van der Waals surface area contributed by atoms with E-state index in [1.807, 2.05) is 0 Å². The Hall–Kier alpha value is -3.20. The molecule has 28 heavy (non-hydrogen) atoms. The molecule has 0 spiro atoms. The number of amides is 3. The third-order valence-electron chi connectivity index (χ3n) is 4.44. The molecule has 2 aromatic carbocycles. The van der Waals surface area contributed by atoms with Gasteiger partial charge in [-0.3, -0.25) is 19.2 Å². The maximum atomic E-state index is 12.8. The van der Waals surface area contributed by atoms with Crippen molar-refractivity contribution in [3.8, 4) is 0 Å². The number of carbonyl (C=O) groups is 3. The fourth-order valence-electron chi connectivity index (χ4n) is 2.98. The first kappa shape index (κ1) is 19.6. The van der Waals surface area contributed by atoms with Gasteiger partial charge in [-0.15, -0.1) is 0 Å². The Morgan fingerprint density at radius 3 is 2.25 bits per heavy atom. The summed E-state index contributed by atoms with van der Waals surface area (Å²) in [6.45, 7) is 1.19. The van der Waals surface area contributed by atoms with Crippen molar-refractivity contribution in [3.05, 3.63) is 65.7 Å². The van der Waals surface area contributed by atoms with Crippen molar-refractivity contribution in [2.24, 2.45) is 0 Å². The molecule has 0 saturated carbocycles. The van der Waals surface area contributed by atoms with Crippen LogP contribution in [0.1, 0.15) is 22.8 Å². The summed E-state index contributed by atoms with van der Waals surface area (Å²) in [5, 5.41) is 2.65. The van der Waals surface area contributed by atoms with Gasteiger partial charge in [-0.25, -0.2) is 13.2 Å². The maximum absolute atomic E-state index is 12.8. The van der Waals surface area contributed by atoms with E-state index in [9.17, 15) is 22.8 Å². The van der Waals surface area contributed by atoms with E-state index in [4.69, 9.17) is 0 Å². The highest BCUT2D eigenvalue weighted by molar-refractivity contribution is 7.92. The Bertz CT molecular complexity index is 1030. The summed E-state index contributed by atoms with van der Waals surface area (Å²) >= 11 is 0. The lowest BCUT2D eigenvalue weighted by Crippen LogP contribution is -2.41. The van der Waals surface area contributed by atoms with Gasteiger partial charge in [0.25, 0.3) is 5.91 Å². The Morgan fingerprint density at radius 2 is 1.68 bits per heavy atom. The lowest BCUT2D eigenvalue weighted by molar-refractivity contribution is -0.130. The van der Waals surface area contributed by atoms with Crippen LogP contribution in [0.25, 0.3) is 0 Å². The van der Waals surface area contributed by atoms with E-state index < -0.39 is 39.8 Å². The highest BCUT2D eigenvalue weighted by atomic mass is 32.2. The first-order valence-corrected chi connectivity index (χ1v) is 10.3. The third kappa shape index (κ3) is 3.89. The molecule has 0 bridgehead atoms. The molecule has 146 valence electrons. The zero-order chi connectivity index (χ0) is 20.5. The van der Waals surface area contributed by atoms with E-state index in [-0.39, 0.29) is 5.56 Å². The molecule has 0 aromatic heterocycles. The minimum atomic E-state index is -3.42. The van der Waals surface area contributed by atoms with Crippen molar-refractivity contribution in [3.63, 3.8) is 0 Å². The number of imide groups is 1. The SMILES string of the molecule is C[C@@]1(c2ccccc2)NC(=O)N(CC(=O)c2ccc(NS(C)(=O)=O)cc2)C1=O. The predicted molar refractivity (Wildman–Crippen MR) is 103 cm³/mol. The molecule has 2 aromatic rings. The number of hydrogen-bond acceptors (Lipinski definition) is 5. The Morgan fingerprint density at radius 1 is 1.07 bits per heavy atom. The van der Waals surface area contributed by atoms with Gasteiger partial charge in [0, 0.05) is 11.3 Å². The number of anilines is 1. The molecule has 9 heteroatoms. The average molecular weight is 401 g/mol. The van der Waals surface area contributed by atoms with Crippen LogP contribution in [-0.4, -0.2) is 43.8 Å². The minimum absolute atomic E-state index is 0.257. The predicted octanol–water partition coefficient (Wildman–Crippen LogP) is 1.71. The van der Waals surface area contributed by atoms with Gasteiger partial charge in [-0.1, -0.05) is 30.3 Å². The second-order valence-corrected chi connectivity index (χ2v) is 8.44. The Kier molecular flexibility index (Phi) is 4.95. The molecule has 3 amide bonds. The van der Waals surface area contributed by atoms with Gasteiger partial charge in [-0.2, -0.15) is 0 Å². The van der Waals surface area contributed by atoms with E-state index in [2.05, 4.69) is 10.0 Å². The number of ketones is 1. The highest BCUT2D eigenvalue weighted by Crippen LogP contribution is 2.28. The first-order chi connectivity index (χ1) is 13.1. The molecular formula is C19H19N3O5S. The highest BCUT2D eigenvalue weighted by Gasteiger charge is 2.49. The van der Waals surface area contributed by atoms with Gasteiger partial charge in [0.15, 0.2) is 5.78 Å². The van der Waals surface area contributed by atoms with Crippen molar-refractivity contribution in [2.75, 3.05) is 17.5 Å². The lowest BCUT2D eigenvalue weighted by Gasteiger charge is -2.22. The molecule has 1 atom stereocenters. The summed E-state index contributed by atoms with van der Waals surface area (Å²) in [5.41, 5.74) is -0.0415. The molecule has 3 rings (SSSR count). The smallest absolute Gasteiger partial charge is 0.319 e. The molecule has 0 aliphatic carbocycles. The van der Waals surface area contributed by atoms with Crippen LogP contribution in [0, 0.1) is 0 Å². The topological polar surface area (TPSA) is 113 Å². The van der Waals surface area contributed by atoms with Crippen LogP contribution in [-0.2, 0) is 20.4 Å². The van der Waals surface area contributed by atoms with Crippen LogP contribution in [0.4, 0.5) is 10.5 Å². The summed E-state index contributed by atoms with van der Waals surface area (Å²) in [6, 6.07) is 13.9. The molecular weight excluding hydrogens is 382 g/mol. The molecule has 1 fully saturated rings. The summed E-state index contributed by atoms with van der Waals surface area (Å²) in [6.07, 6.45) is 1.02. The standard InChI is InChI=1S/C19H19N3O5S/c1-19(14-6-4-3-5-7-14)17(24)22(18(25)20-19)12-16(23)13-8-10-15(11-9-13)21-28(2,26)27/h3-11,21H,12H2,1-2H3,(H,20,25)/t19-/m0/s1. The number of nitrogens with one attached hydrogen (secondary N) is 2. The van der Waals surface area contributed by atoms with Crippen molar-refractivity contribution in [1.82, 2.24) is 10.2 Å². The van der Waals surface area contributed by atoms with Crippen molar-refractivity contribution in [1.29, 1.82) is 0 Å². The molecule has 1 aliphatic heterocycles. The van der Waals surface area contributed by atoms with Crippen LogP contribution < -0.4 is 10.0 Å². The van der Waals surface area contributed by atoms with Gasteiger partial charge in [0.2, 0.25) is 10.0 Å². The molecule has 1 heterocycles. The van der Waals surface area contributed by atoms with Gasteiger partial charge >= 0.3 is 6.03 Å². The molecule has 1 saturated heterocycles. The molecule has 0 radical (unpaired) electrons. The van der Waals surface area contributed by atoms with E-state index in [0.29, 0.717) is 11.3 Å². The number of benzene rings is 2. The van der Waals surface area contributed by atoms with E-state index in [1.54, 1.807) is 37.3 Å². The van der Waals surface area contributed by atoms with E-state index >= 15 is 0 Å². The number of carbonyl (C=O) groups excluding carboxylic acids is 3. The fraction of sp³-hybridized carbons (Fsp3) is 0.211. The number of Topliss-reactive ketones (excluding diaryl/α,β-unsaturated/α-hetero) is 1. The fourth-order valence-corrected chi connectivity index (χ4v) is 3.55. The lowest BCUT2D eigenvalue weighted by atomic mass is 9.92. The third-order valence-corrected chi connectivity index (χ3v) is 5.04. The van der Waals surface area contributed by atoms with Crippen LogP contribution in [0.3, 0.4) is 0 Å². The second kappa shape index (κ2) is 7.08. The zero-order valence-corrected chi connectivity index (χ0v) is 16.1. The monoisotopic (exact) mass is 401 g/mol. The van der Waals surface area contributed by atoms with Gasteiger partial charge in [0.05, 0.1) is 12.8 Å². The zero-order valence-electron chi connectivity index (χ0n) is 15.3. The van der Waals surface area contributed by atoms with Gasteiger partial charge < -0.3 is 5.32 Å². The molecule has 8 nitrogen and oxygen atoms in total. The van der Waals surface area contributed by atoms with E-state index in [1.165, 1.54) is 24.3 Å². The molecule has 0 unspecified atom stereocenters. The average Bonchev–Trinajstić information content (AvgIpc) is 2.86. The van der Waals surface area contributed by atoms with Crippen molar-refractivity contribution < 1.29 is 22.8 Å². The number of rotatable bonds is 6. The summed E-state index contributed by atoms with van der Waals surface area (Å²) in [7, 11) is -3.42. The largest absolute Gasteiger partial charge is 0.325 e. The second-order valence-electron chi connectivity index (χ2n) is 6.69. The number of sulfonamides is 1. The Labute approximate surface area is 162 Å². The van der Waals surface area contributed by atoms with Crippen molar-refractivity contribution in [2.45, 2.75) is 12.5 Å². The minimum Gasteiger partial charge on any atom is -0.319 e. The number of hydrogen-bond donors (Lipinski definition) is 2. The maximum Gasteiger partial charge on any atom is 0.325 e.